The molecule has 2 N–H and O–H groups in total. The van der Waals surface area contributed by atoms with Gasteiger partial charge in [-0.15, -0.1) is 0 Å². The lowest BCUT2D eigenvalue weighted by Crippen LogP contribution is -2.44. The van der Waals surface area contributed by atoms with Crippen molar-refractivity contribution in [3.05, 3.63) is 34.9 Å². The number of carbonyl (C=O) groups excluding carboxylic acids is 2. The lowest BCUT2D eigenvalue weighted by atomic mass is 10.1. The van der Waals surface area contributed by atoms with Crippen molar-refractivity contribution in [2.75, 3.05) is 11.5 Å². The molecule has 0 aromatic heterocycles. The van der Waals surface area contributed by atoms with E-state index < -0.39 is 27.6 Å². The van der Waals surface area contributed by atoms with Crippen molar-refractivity contribution < 1.29 is 18.0 Å². The van der Waals surface area contributed by atoms with Gasteiger partial charge in [-0.1, -0.05) is 23.7 Å². The minimum absolute atomic E-state index is 0.00352. The van der Waals surface area contributed by atoms with E-state index in [4.69, 9.17) is 11.6 Å². The maximum Gasteiger partial charge on any atom is 0.271 e. The number of rotatable bonds is 2. The van der Waals surface area contributed by atoms with Gasteiger partial charge in [0, 0.05) is 0 Å². The Hall–Kier alpha value is -1.60. The fourth-order valence-corrected chi connectivity index (χ4v) is 3.90. The van der Waals surface area contributed by atoms with E-state index in [1.54, 1.807) is 18.2 Å². The summed E-state index contributed by atoms with van der Waals surface area (Å²) in [5.74, 6) is -1.85. The molecular formula is C12H13ClN2O4S. The van der Waals surface area contributed by atoms with E-state index in [1.807, 2.05) is 0 Å². The zero-order valence-electron chi connectivity index (χ0n) is 10.4. The molecule has 8 heteroatoms. The minimum Gasteiger partial charge on any atom is -0.273 e. The molecule has 20 heavy (non-hydrogen) atoms. The predicted molar refractivity (Wildman–Crippen MR) is 73.8 cm³/mol. The molecular weight excluding hydrogens is 304 g/mol. The number of sulfone groups is 1. The summed E-state index contributed by atoms with van der Waals surface area (Å²) < 4.78 is 22.5. The Morgan fingerprint density at radius 3 is 2.50 bits per heavy atom. The molecule has 0 saturated carbocycles. The Kier molecular flexibility index (Phi) is 4.29. The average molecular weight is 317 g/mol. The number of benzene rings is 1. The van der Waals surface area contributed by atoms with Crippen LogP contribution in [0.3, 0.4) is 0 Å². The fourth-order valence-electron chi connectivity index (χ4n) is 1.93. The fraction of sp³-hybridized carbons (Fsp3) is 0.333. The van der Waals surface area contributed by atoms with Gasteiger partial charge in [0.05, 0.1) is 28.0 Å². The maximum atomic E-state index is 11.8. The molecule has 1 aliphatic heterocycles. The van der Waals surface area contributed by atoms with Gasteiger partial charge in [0.25, 0.3) is 5.91 Å². The molecule has 1 aromatic carbocycles. The van der Waals surface area contributed by atoms with Crippen LogP contribution in [0.25, 0.3) is 0 Å². The van der Waals surface area contributed by atoms with Gasteiger partial charge >= 0.3 is 0 Å². The predicted octanol–water partition coefficient (Wildman–Crippen LogP) is 0.536. The summed E-state index contributed by atoms with van der Waals surface area (Å²) in [6, 6.07) is 6.40. The second-order valence-corrected chi connectivity index (χ2v) is 7.16. The third-order valence-electron chi connectivity index (χ3n) is 3.02. The molecule has 0 radical (unpaired) electrons. The largest absolute Gasteiger partial charge is 0.273 e. The van der Waals surface area contributed by atoms with Crippen LogP contribution in [-0.2, 0) is 14.6 Å². The summed E-state index contributed by atoms with van der Waals surface area (Å²) in [5.41, 5.74) is 4.68. The first-order valence-electron chi connectivity index (χ1n) is 5.94. The van der Waals surface area contributed by atoms with Crippen LogP contribution in [0.1, 0.15) is 16.8 Å². The molecule has 6 nitrogen and oxygen atoms in total. The first-order valence-corrected chi connectivity index (χ1v) is 8.14. The first kappa shape index (κ1) is 14.8. The summed E-state index contributed by atoms with van der Waals surface area (Å²) in [6.07, 6.45) is 0.274. The molecule has 1 unspecified atom stereocenters. The van der Waals surface area contributed by atoms with E-state index in [1.165, 1.54) is 6.07 Å². The molecule has 1 saturated heterocycles. The van der Waals surface area contributed by atoms with Crippen molar-refractivity contribution in [1.82, 2.24) is 10.9 Å². The van der Waals surface area contributed by atoms with Crippen LogP contribution in [-0.4, -0.2) is 31.7 Å². The van der Waals surface area contributed by atoms with Gasteiger partial charge in [-0.05, 0) is 18.6 Å². The maximum absolute atomic E-state index is 11.8. The lowest BCUT2D eigenvalue weighted by molar-refractivity contribution is -0.125. The Labute approximate surface area is 121 Å². The number of nitrogens with one attached hydrogen (secondary N) is 2. The van der Waals surface area contributed by atoms with E-state index in [0.717, 1.165) is 0 Å². The van der Waals surface area contributed by atoms with Crippen LogP contribution in [0.2, 0.25) is 5.02 Å². The van der Waals surface area contributed by atoms with Crippen molar-refractivity contribution in [3.8, 4) is 0 Å². The quantitative estimate of drug-likeness (QED) is 0.779. The summed E-state index contributed by atoms with van der Waals surface area (Å²) in [6.45, 7) is 0. The zero-order valence-corrected chi connectivity index (χ0v) is 12.0. The standard InChI is InChI=1S/C12H13ClN2O4S/c13-10-4-2-1-3-9(10)12(17)15-14-11(16)8-5-6-20(18,19)7-8/h1-4,8H,5-7H2,(H,14,16)(H,15,17). The number of hydrogen-bond donors (Lipinski definition) is 2. The molecule has 1 heterocycles. The highest BCUT2D eigenvalue weighted by Gasteiger charge is 2.33. The van der Waals surface area contributed by atoms with Crippen LogP contribution >= 0.6 is 11.6 Å². The summed E-state index contributed by atoms with van der Waals surface area (Å²) in [7, 11) is -3.13. The highest BCUT2D eigenvalue weighted by atomic mass is 35.5. The van der Waals surface area contributed by atoms with E-state index >= 15 is 0 Å². The number of halogens is 1. The molecule has 1 aliphatic rings. The number of hydrazine groups is 1. The summed E-state index contributed by atoms with van der Waals surface area (Å²) in [4.78, 5) is 23.5. The van der Waals surface area contributed by atoms with Gasteiger partial charge in [-0.3, -0.25) is 20.4 Å². The van der Waals surface area contributed by atoms with Crippen LogP contribution < -0.4 is 10.9 Å². The van der Waals surface area contributed by atoms with Gasteiger partial charge in [0.2, 0.25) is 5.91 Å². The second kappa shape index (κ2) is 5.80. The highest BCUT2D eigenvalue weighted by Crippen LogP contribution is 2.18. The van der Waals surface area contributed by atoms with Crippen molar-refractivity contribution >= 4 is 33.3 Å². The third-order valence-corrected chi connectivity index (χ3v) is 5.12. The van der Waals surface area contributed by atoms with Crippen molar-refractivity contribution in [3.63, 3.8) is 0 Å². The topological polar surface area (TPSA) is 92.3 Å². The molecule has 0 spiro atoms. The zero-order chi connectivity index (χ0) is 14.8. The number of carbonyl (C=O) groups is 2. The Balaban J connectivity index is 1.91. The van der Waals surface area contributed by atoms with E-state index in [2.05, 4.69) is 10.9 Å². The molecule has 0 bridgehead atoms. The SMILES string of the molecule is O=C(NNC(=O)C1CCS(=O)(=O)C1)c1ccccc1Cl. The van der Waals surface area contributed by atoms with Crippen LogP contribution in [0, 0.1) is 5.92 Å². The number of amides is 2. The molecule has 108 valence electrons. The molecule has 1 aromatic rings. The van der Waals surface area contributed by atoms with Crippen LogP contribution in [0.5, 0.6) is 0 Å². The minimum atomic E-state index is -3.13. The average Bonchev–Trinajstić information content (AvgIpc) is 2.76. The lowest BCUT2D eigenvalue weighted by Gasteiger charge is -2.11. The molecule has 0 aliphatic carbocycles. The normalized spacial score (nSPS) is 20.4. The Morgan fingerprint density at radius 2 is 1.90 bits per heavy atom. The van der Waals surface area contributed by atoms with Crippen molar-refractivity contribution in [1.29, 1.82) is 0 Å². The molecule has 1 fully saturated rings. The van der Waals surface area contributed by atoms with Gasteiger partial charge in [0.15, 0.2) is 9.84 Å². The first-order chi connectivity index (χ1) is 9.39. The van der Waals surface area contributed by atoms with Gasteiger partial charge in [0.1, 0.15) is 0 Å². The van der Waals surface area contributed by atoms with Gasteiger partial charge in [-0.2, -0.15) is 0 Å². The van der Waals surface area contributed by atoms with E-state index in [-0.39, 0.29) is 28.5 Å². The summed E-state index contributed by atoms with van der Waals surface area (Å²) >= 11 is 5.85. The van der Waals surface area contributed by atoms with E-state index in [0.29, 0.717) is 0 Å². The summed E-state index contributed by atoms with van der Waals surface area (Å²) in [5, 5.41) is 0.266. The molecule has 2 rings (SSSR count). The van der Waals surface area contributed by atoms with Crippen LogP contribution in [0.15, 0.2) is 24.3 Å². The van der Waals surface area contributed by atoms with E-state index in [9.17, 15) is 18.0 Å². The third kappa shape index (κ3) is 3.49. The van der Waals surface area contributed by atoms with Gasteiger partial charge in [-0.25, -0.2) is 8.42 Å². The molecule has 2 amide bonds. The van der Waals surface area contributed by atoms with Crippen molar-refractivity contribution in [2.24, 2.45) is 5.92 Å². The highest BCUT2D eigenvalue weighted by molar-refractivity contribution is 7.91. The monoisotopic (exact) mass is 316 g/mol. The van der Waals surface area contributed by atoms with Crippen molar-refractivity contribution in [2.45, 2.75) is 6.42 Å². The van der Waals surface area contributed by atoms with Crippen LogP contribution in [0.4, 0.5) is 0 Å². The Bertz CT molecular complexity index is 645. The molecule has 1 atom stereocenters. The Morgan fingerprint density at radius 1 is 1.20 bits per heavy atom. The smallest absolute Gasteiger partial charge is 0.271 e. The second-order valence-electron chi connectivity index (χ2n) is 4.52. The number of hydrogen-bond acceptors (Lipinski definition) is 4. The van der Waals surface area contributed by atoms with Gasteiger partial charge < -0.3 is 0 Å².